The van der Waals surface area contributed by atoms with Crippen LogP contribution in [0.25, 0.3) is 0 Å². The highest BCUT2D eigenvalue weighted by Gasteiger charge is 2.18. The number of rotatable bonds is 5. The molecule has 0 saturated carbocycles. The number of ketones is 1. The molecule has 0 unspecified atom stereocenters. The van der Waals surface area contributed by atoms with Crippen molar-refractivity contribution < 1.29 is 19.1 Å². The second-order valence-electron chi connectivity index (χ2n) is 5.55. The van der Waals surface area contributed by atoms with Gasteiger partial charge in [-0.3, -0.25) is 4.79 Å². The molecule has 1 heterocycles. The Labute approximate surface area is 135 Å². The number of ether oxygens (including phenoxy) is 2. The van der Waals surface area contributed by atoms with Crippen molar-refractivity contribution in [1.82, 2.24) is 4.57 Å². The summed E-state index contributed by atoms with van der Waals surface area (Å²) in [7, 11) is 3.38. The van der Waals surface area contributed by atoms with Gasteiger partial charge in [-0.1, -0.05) is 11.6 Å². The number of aryl methyl sites for hydroxylation is 2. The molecule has 0 amide bonds. The van der Waals surface area contributed by atoms with E-state index in [2.05, 4.69) is 0 Å². The minimum Gasteiger partial charge on any atom is -0.496 e. The van der Waals surface area contributed by atoms with E-state index in [1.165, 1.54) is 7.11 Å². The molecule has 1 aromatic carbocycles. The standard InChI is InChI=1S/C18H21NO4/c1-11-6-7-17(22-5)15(8-11)18(21)23-10-16(20)14-9-12(2)19(4)13(14)3/h6-9H,10H2,1-5H3. The summed E-state index contributed by atoms with van der Waals surface area (Å²) in [5.74, 6) is -0.352. The number of carbonyl (C=O) groups is 2. The minimum atomic E-state index is -0.566. The zero-order valence-electron chi connectivity index (χ0n) is 14.1. The average Bonchev–Trinajstić information content (AvgIpc) is 2.79. The molecule has 0 saturated heterocycles. The quantitative estimate of drug-likeness (QED) is 0.629. The van der Waals surface area contributed by atoms with Gasteiger partial charge in [-0.25, -0.2) is 4.79 Å². The van der Waals surface area contributed by atoms with Crippen molar-refractivity contribution in [2.45, 2.75) is 20.8 Å². The molecule has 0 atom stereocenters. The summed E-state index contributed by atoms with van der Waals surface area (Å²) in [4.78, 5) is 24.5. The highest BCUT2D eigenvalue weighted by Crippen LogP contribution is 2.21. The van der Waals surface area contributed by atoms with E-state index in [-0.39, 0.29) is 12.4 Å². The molecule has 0 radical (unpaired) electrons. The first-order chi connectivity index (χ1) is 10.8. The minimum absolute atomic E-state index is 0.217. The second-order valence-corrected chi connectivity index (χ2v) is 5.55. The van der Waals surface area contributed by atoms with Gasteiger partial charge in [0.15, 0.2) is 6.61 Å². The first-order valence-electron chi connectivity index (χ1n) is 7.33. The van der Waals surface area contributed by atoms with Crippen molar-refractivity contribution in [3.63, 3.8) is 0 Å². The number of hydrogen-bond acceptors (Lipinski definition) is 4. The van der Waals surface area contributed by atoms with Gasteiger partial charge >= 0.3 is 5.97 Å². The summed E-state index contributed by atoms with van der Waals surface area (Å²) in [6.07, 6.45) is 0. The smallest absolute Gasteiger partial charge is 0.342 e. The second kappa shape index (κ2) is 6.69. The Bertz CT molecular complexity index is 759. The van der Waals surface area contributed by atoms with Gasteiger partial charge in [-0.2, -0.15) is 0 Å². The van der Waals surface area contributed by atoms with E-state index < -0.39 is 5.97 Å². The summed E-state index contributed by atoms with van der Waals surface area (Å²) in [5.41, 5.74) is 3.66. The van der Waals surface area contributed by atoms with E-state index in [4.69, 9.17) is 9.47 Å². The Morgan fingerprint density at radius 1 is 1.09 bits per heavy atom. The molecule has 0 bridgehead atoms. The topological polar surface area (TPSA) is 57.5 Å². The van der Waals surface area contributed by atoms with Crippen molar-refractivity contribution in [3.05, 3.63) is 52.3 Å². The van der Waals surface area contributed by atoms with Crippen molar-refractivity contribution in [3.8, 4) is 5.75 Å². The van der Waals surface area contributed by atoms with Gasteiger partial charge in [0.1, 0.15) is 11.3 Å². The van der Waals surface area contributed by atoms with Crippen LogP contribution in [0.2, 0.25) is 0 Å². The van der Waals surface area contributed by atoms with Crippen molar-refractivity contribution >= 4 is 11.8 Å². The van der Waals surface area contributed by atoms with E-state index in [1.807, 2.05) is 38.5 Å². The molecule has 1 aromatic heterocycles. The Balaban J connectivity index is 2.11. The number of hydrogen-bond donors (Lipinski definition) is 0. The molecule has 0 aliphatic rings. The molecule has 5 nitrogen and oxygen atoms in total. The third-order valence-electron chi connectivity index (χ3n) is 3.98. The highest BCUT2D eigenvalue weighted by molar-refractivity contribution is 6.01. The van der Waals surface area contributed by atoms with E-state index in [0.717, 1.165) is 17.0 Å². The van der Waals surface area contributed by atoms with Gasteiger partial charge in [0.05, 0.1) is 7.11 Å². The fraction of sp³-hybridized carbons (Fsp3) is 0.333. The maximum Gasteiger partial charge on any atom is 0.342 e. The largest absolute Gasteiger partial charge is 0.496 e. The Morgan fingerprint density at radius 3 is 2.35 bits per heavy atom. The maximum atomic E-state index is 12.3. The summed E-state index contributed by atoms with van der Waals surface area (Å²) in [5, 5.41) is 0. The lowest BCUT2D eigenvalue weighted by atomic mass is 10.1. The molecular weight excluding hydrogens is 294 g/mol. The molecule has 23 heavy (non-hydrogen) atoms. The van der Waals surface area contributed by atoms with Gasteiger partial charge in [0.2, 0.25) is 5.78 Å². The van der Waals surface area contributed by atoms with Crippen LogP contribution in [0.3, 0.4) is 0 Å². The van der Waals surface area contributed by atoms with Crippen LogP contribution in [-0.2, 0) is 11.8 Å². The van der Waals surface area contributed by atoms with Crippen LogP contribution >= 0.6 is 0 Å². The van der Waals surface area contributed by atoms with E-state index in [0.29, 0.717) is 16.9 Å². The van der Waals surface area contributed by atoms with Gasteiger partial charge < -0.3 is 14.0 Å². The maximum absolute atomic E-state index is 12.3. The van der Waals surface area contributed by atoms with E-state index in [9.17, 15) is 9.59 Å². The summed E-state index contributed by atoms with van der Waals surface area (Å²) in [6.45, 7) is 5.37. The lowest BCUT2D eigenvalue weighted by Crippen LogP contribution is -2.15. The lowest BCUT2D eigenvalue weighted by molar-refractivity contribution is 0.0471. The number of methoxy groups -OCH3 is 1. The Hall–Kier alpha value is -2.56. The predicted molar refractivity (Wildman–Crippen MR) is 87.2 cm³/mol. The number of carbonyl (C=O) groups excluding carboxylic acids is 2. The molecule has 0 fully saturated rings. The first kappa shape index (κ1) is 16.8. The fourth-order valence-electron chi connectivity index (χ4n) is 2.41. The third kappa shape index (κ3) is 3.44. The summed E-state index contributed by atoms with van der Waals surface area (Å²) < 4.78 is 12.3. The molecule has 2 rings (SSSR count). The Kier molecular flexibility index (Phi) is 4.89. The monoisotopic (exact) mass is 315 g/mol. The number of aromatic nitrogens is 1. The molecule has 0 aliphatic carbocycles. The van der Waals surface area contributed by atoms with Gasteiger partial charge in [0.25, 0.3) is 0 Å². The number of benzene rings is 1. The molecule has 5 heteroatoms. The van der Waals surface area contributed by atoms with Crippen molar-refractivity contribution in [2.75, 3.05) is 13.7 Å². The molecule has 0 N–H and O–H groups in total. The predicted octanol–water partition coefficient (Wildman–Crippen LogP) is 3.00. The molecule has 0 aliphatic heterocycles. The summed E-state index contributed by atoms with van der Waals surface area (Å²) in [6, 6.07) is 7.04. The molecule has 122 valence electrons. The van der Waals surface area contributed by atoms with Gasteiger partial charge in [-0.15, -0.1) is 0 Å². The van der Waals surface area contributed by atoms with Gasteiger partial charge in [-0.05, 0) is 39.0 Å². The summed E-state index contributed by atoms with van der Waals surface area (Å²) >= 11 is 0. The first-order valence-corrected chi connectivity index (χ1v) is 7.33. The average molecular weight is 315 g/mol. The SMILES string of the molecule is COc1ccc(C)cc1C(=O)OCC(=O)c1cc(C)n(C)c1C. The zero-order valence-corrected chi connectivity index (χ0v) is 14.1. The van der Waals surface area contributed by atoms with Crippen molar-refractivity contribution in [1.29, 1.82) is 0 Å². The van der Waals surface area contributed by atoms with Crippen LogP contribution < -0.4 is 4.74 Å². The number of esters is 1. The number of nitrogens with zero attached hydrogens (tertiary/aromatic N) is 1. The third-order valence-corrected chi connectivity index (χ3v) is 3.98. The van der Waals surface area contributed by atoms with Crippen LogP contribution in [0.15, 0.2) is 24.3 Å². The van der Waals surface area contributed by atoms with Crippen molar-refractivity contribution in [2.24, 2.45) is 7.05 Å². The van der Waals surface area contributed by atoms with Crippen LogP contribution in [0.1, 0.15) is 37.7 Å². The molecule has 2 aromatic rings. The Morgan fingerprint density at radius 2 is 1.78 bits per heavy atom. The highest BCUT2D eigenvalue weighted by atomic mass is 16.5. The fourth-order valence-corrected chi connectivity index (χ4v) is 2.41. The van der Waals surface area contributed by atoms with Gasteiger partial charge in [0, 0.05) is 24.0 Å². The van der Waals surface area contributed by atoms with Crippen LogP contribution in [-0.4, -0.2) is 30.0 Å². The van der Waals surface area contributed by atoms with Crippen LogP contribution in [0, 0.1) is 20.8 Å². The van der Waals surface area contributed by atoms with Crippen LogP contribution in [0.4, 0.5) is 0 Å². The molecular formula is C18H21NO4. The zero-order chi connectivity index (χ0) is 17.1. The number of Topliss-reactive ketones (excluding diaryl/α,β-unsaturated/α-hetero) is 1. The van der Waals surface area contributed by atoms with Crippen LogP contribution in [0.5, 0.6) is 5.75 Å². The normalized spacial score (nSPS) is 10.5. The lowest BCUT2D eigenvalue weighted by Gasteiger charge is -2.09. The van der Waals surface area contributed by atoms with E-state index >= 15 is 0 Å². The molecule has 0 spiro atoms. The van der Waals surface area contributed by atoms with E-state index in [1.54, 1.807) is 18.2 Å².